The lowest BCUT2D eigenvalue weighted by Crippen LogP contribution is -2.37. The van der Waals surface area contributed by atoms with E-state index in [2.05, 4.69) is 6.92 Å². The van der Waals surface area contributed by atoms with Crippen LogP contribution >= 0.6 is 0 Å². The molecule has 6 heteroatoms. The molecule has 29 heavy (non-hydrogen) atoms. The highest BCUT2D eigenvalue weighted by atomic mass is 16.5. The Morgan fingerprint density at radius 1 is 1.07 bits per heavy atom. The molecule has 4 rings (SSSR count). The first-order valence-corrected chi connectivity index (χ1v) is 9.61. The third kappa shape index (κ3) is 3.24. The summed E-state index contributed by atoms with van der Waals surface area (Å²) in [6.07, 6.45) is 1.08. The molecular weight excluding hydrogens is 370 g/mol. The van der Waals surface area contributed by atoms with Gasteiger partial charge >= 0.3 is 5.97 Å². The summed E-state index contributed by atoms with van der Waals surface area (Å²) in [5, 5.41) is 0. The molecule has 150 valence electrons. The largest absolute Gasteiger partial charge is 0.497 e. The van der Waals surface area contributed by atoms with Gasteiger partial charge in [-0.2, -0.15) is 0 Å². The maximum Gasteiger partial charge on any atom is 0.336 e. The van der Waals surface area contributed by atoms with Gasteiger partial charge in [0.05, 0.1) is 25.5 Å². The first-order chi connectivity index (χ1) is 14.1. The van der Waals surface area contributed by atoms with E-state index in [0.29, 0.717) is 22.8 Å². The Morgan fingerprint density at radius 2 is 1.83 bits per heavy atom. The average molecular weight is 393 g/mol. The number of nitrogens with zero attached hydrogens (tertiary/aromatic N) is 1. The van der Waals surface area contributed by atoms with E-state index >= 15 is 0 Å². The van der Waals surface area contributed by atoms with Crippen LogP contribution in [0.25, 0.3) is 0 Å². The first-order valence-electron chi connectivity index (χ1n) is 9.61. The monoisotopic (exact) mass is 393 g/mol. The number of rotatable bonds is 5. The number of cyclic esters (lactones) is 1. The molecule has 0 aliphatic carbocycles. The first kappa shape index (κ1) is 19.1. The Bertz CT molecular complexity index is 993. The number of anilines is 1. The molecule has 0 N–H and O–H groups in total. The van der Waals surface area contributed by atoms with Gasteiger partial charge in [0.1, 0.15) is 18.1 Å². The lowest BCUT2D eigenvalue weighted by molar-refractivity contribution is -0.136. The fourth-order valence-corrected chi connectivity index (χ4v) is 4.01. The number of hydrogen-bond acceptors (Lipinski definition) is 5. The quantitative estimate of drug-likeness (QED) is 0.727. The molecule has 0 saturated heterocycles. The molecule has 2 aromatic rings. The summed E-state index contributed by atoms with van der Waals surface area (Å²) < 4.78 is 16.1. The predicted octanol–water partition coefficient (Wildman–Crippen LogP) is 3.60. The smallest absolute Gasteiger partial charge is 0.336 e. The topological polar surface area (TPSA) is 65.1 Å². The van der Waals surface area contributed by atoms with Crippen molar-refractivity contribution in [3.63, 3.8) is 0 Å². The van der Waals surface area contributed by atoms with Gasteiger partial charge in [-0.05, 0) is 30.2 Å². The van der Waals surface area contributed by atoms with Gasteiger partial charge < -0.3 is 14.2 Å². The molecule has 0 bridgehead atoms. The van der Waals surface area contributed by atoms with E-state index < -0.39 is 5.92 Å². The van der Waals surface area contributed by atoms with E-state index in [-0.39, 0.29) is 24.9 Å². The van der Waals surface area contributed by atoms with Crippen molar-refractivity contribution in [3.8, 4) is 11.5 Å². The minimum Gasteiger partial charge on any atom is -0.497 e. The highest BCUT2D eigenvalue weighted by Gasteiger charge is 2.43. The Morgan fingerprint density at radius 3 is 2.48 bits per heavy atom. The van der Waals surface area contributed by atoms with Crippen LogP contribution in [0, 0.1) is 0 Å². The summed E-state index contributed by atoms with van der Waals surface area (Å²) in [5.41, 5.74) is 3.84. The third-order valence-electron chi connectivity index (χ3n) is 5.54. The van der Waals surface area contributed by atoms with Crippen molar-refractivity contribution < 1.29 is 23.8 Å². The number of benzene rings is 2. The van der Waals surface area contributed by atoms with Gasteiger partial charge in [-0.3, -0.25) is 9.69 Å². The van der Waals surface area contributed by atoms with Crippen LogP contribution in [0.15, 0.2) is 53.7 Å². The van der Waals surface area contributed by atoms with Crippen molar-refractivity contribution in [3.05, 3.63) is 64.9 Å². The normalized spacial score (nSPS) is 18.6. The van der Waals surface area contributed by atoms with Crippen LogP contribution in [-0.4, -0.2) is 32.7 Å². The summed E-state index contributed by atoms with van der Waals surface area (Å²) >= 11 is 0. The minimum absolute atomic E-state index is 0.0748. The summed E-state index contributed by atoms with van der Waals surface area (Å²) in [6, 6.07) is 13.2. The molecule has 2 heterocycles. The van der Waals surface area contributed by atoms with E-state index in [1.807, 2.05) is 30.3 Å². The number of aryl methyl sites for hydroxylation is 1. The molecule has 2 aliphatic heterocycles. The SMILES string of the molecule is CCc1ccc(N2C(=O)C[C@@H](c3ccc(OC)cc3OC)C3=C2COC3=O)cc1. The van der Waals surface area contributed by atoms with Crippen LogP contribution in [0.2, 0.25) is 0 Å². The van der Waals surface area contributed by atoms with Crippen molar-refractivity contribution in [1.82, 2.24) is 0 Å². The van der Waals surface area contributed by atoms with Crippen LogP contribution < -0.4 is 14.4 Å². The summed E-state index contributed by atoms with van der Waals surface area (Å²) in [5.74, 6) is 0.349. The number of amides is 1. The molecule has 2 aromatic carbocycles. The van der Waals surface area contributed by atoms with Gasteiger partial charge in [0, 0.05) is 29.7 Å². The fraction of sp³-hybridized carbons (Fsp3) is 0.304. The van der Waals surface area contributed by atoms with Crippen molar-refractivity contribution in [2.75, 3.05) is 25.7 Å². The van der Waals surface area contributed by atoms with Crippen molar-refractivity contribution >= 4 is 17.6 Å². The second-order valence-corrected chi connectivity index (χ2v) is 7.05. The van der Waals surface area contributed by atoms with E-state index in [1.54, 1.807) is 31.3 Å². The van der Waals surface area contributed by atoms with Crippen LogP contribution in [0.1, 0.15) is 30.4 Å². The number of carbonyl (C=O) groups is 2. The fourth-order valence-electron chi connectivity index (χ4n) is 4.01. The summed E-state index contributed by atoms with van der Waals surface area (Å²) in [7, 11) is 3.14. The maximum atomic E-state index is 13.2. The highest BCUT2D eigenvalue weighted by Crippen LogP contribution is 2.45. The zero-order chi connectivity index (χ0) is 20.5. The molecule has 0 aromatic heterocycles. The molecule has 0 radical (unpaired) electrons. The van der Waals surface area contributed by atoms with Crippen molar-refractivity contribution in [2.24, 2.45) is 0 Å². The molecular formula is C23H23NO5. The third-order valence-corrected chi connectivity index (χ3v) is 5.54. The van der Waals surface area contributed by atoms with Crippen LogP contribution in [0.3, 0.4) is 0 Å². The van der Waals surface area contributed by atoms with E-state index in [9.17, 15) is 9.59 Å². The zero-order valence-corrected chi connectivity index (χ0v) is 16.7. The average Bonchev–Trinajstić information content (AvgIpc) is 3.14. The van der Waals surface area contributed by atoms with Gasteiger partial charge in [-0.1, -0.05) is 25.1 Å². The second kappa shape index (κ2) is 7.62. The molecule has 0 spiro atoms. The Kier molecular flexibility index (Phi) is 5.01. The van der Waals surface area contributed by atoms with Crippen LogP contribution in [-0.2, 0) is 20.7 Å². The Labute approximate surface area is 169 Å². The molecule has 1 amide bonds. The molecule has 0 saturated carbocycles. The number of carbonyl (C=O) groups excluding carboxylic acids is 2. The standard InChI is InChI=1S/C23H23NO5/c1-4-14-5-7-15(8-6-14)24-19-13-29-23(26)22(19)18(12-21(24)25)17-10-9-16(27-2)11-20(17)28-3/h5-11,18H,4,12-13H2,1-3H3/t18-/m0/s1. The summed E-state index contributed by atoms with van der Waals surface area (Å²) in [6.45, 7) is 2.17. The lowest BCUT2D eigenvalue weighted by atomic mass is 9.83. The predicted molar refractivity (Wildman–Crippen MR) is 108 cm³/mol. The van der Waals surface area contributed by atoms with Crippen LogP contribution in [0.5, 0.6) is 11.5 Å². The minimum atomic E-state index is -0.417. The number of hydrogen-bond donors (Lipinski definition) is 0. The van der Waals surface area contributed by atoms with E-state index in [0.717, 1.165) is 17.7 Å². The molecule has 1 atom stereocenters. The molecule has 0 unspecified atom stereocenters. The molecule has 2 aliphatic rings. The second-order valence-electron chi connectivity index (χ2n) is 7.05. The Balaban J connectivity index is 1.80. The van der Waals surface area contributed by atoms with Gasteiger partial charge in [-0.25, -0.2) is 4.79 Å². The van der Waals surface area contributed by atoms with E-state index in [4.69, 9.17) is 14.2 Å². The van der Waals surface area contributed by atoms with E-state index in [1.165, 1.54) is 5.56 Å². The zero-order valence-electron chi connectivity index (χ0n) is 16.7. The number of ether oxygens (including phenoxy) is 3. The highest BCUT2D eigenvalue weighted by molar-refractivity contribution is 6.06. The number of methoxy groups -OCH3 is 2. The summed E-state index contributed by atoms with van der Waals surface area (Å²) in [4.78, 5) is 27.4. The van der Waals surface area contributed by atoms with Gasteiger partial charge in [0.2, 0.25) is 5.91 Å². The van der Waals surface area contributed by atoms with Crippen LogP contribution in [0.4, 0.5) is 5.69 Å². The Hall–Kier alpha value is -3.28. The van der Waals surface area contributed by atoms with Crippen molar-refractivity contribution in [2.45, 2.75) is 25.7 Å². The molecule has 6 nitrogen and oxygen atoms in total. The maximum absolute atomic E-state index is 13.2. The van der Waals surface area contributed by atoms with Gasteiger partial charge in [0.15, 0.2) is 0 Å². The molecule has 0 fully saturated rings. The number of esters is 1. The van der Waals surface area contributed by atoms with Crippen molar-refractivity contribution in [1.29, 1.82) is 0 Å². The van der Waals surface area contributed by atoms with Gasteiger partial charge in [0.25, 0.3) is 0 Å². The van der Waals surface area contributed by atoms with Gasteiger partial charge in [-0.15, -0.1) is 0 Å². The lowest BCUT2D eigenvalue weighted by Gasteiger charge is -2.32.